The van der Waals surface area contributed by atoms with Gasteiger partial charge < -0.3 is 5.32 Å². The maximum atomic E-state index is 12.9. The maximum Gasteiger partial charge on any atom is 0.243 e. The lowest BCUT2D eigenvalue weighted by Gasteiger charge is -2.37. The first kappa shape index (κ1) is 18.4. The molecular weight excluding hydrogens is 308 g/mol. The zero-order chi connectivity index (χ0) is 16.9. The summed E-state index contributed by atoms with van der Waals surface area (Å²) in [5.74, 6) is 0. The van der Waals surface area contributed by atoms with Crippen LogP contribution in [0.3, 0.4) is 0 Å². The Morgan fingerprint density at radius 2 is 2.09 bits per heavy atom. The second-order valence-electron chi connectivity index (χ2n) is 7.28. The van der Waals surface area contributed by atoms with E-state index < -0.39 is 10.0 Å². The van der Waals surface area contributed by atoms with E-state index in [0.717, 1.165) is 44.3 Å². The summed E-state index contributed by atoms with van der Waals surface area (Å²) in [5.41, 5.74) is 1.09. The Labute approximate surface area is 141 Å². The van der Waals surface area contributed by atoms with E-state index in [-0.39, 0.29) is 5.41 Å². The van der Waals surface area contributed by atoms with Gasteiger partial charge in [-0.15, -0.1) is 0 Å². The first-order chi connectivity index (χ1) is 10.8. The molecule has 0 aliphatic carbocycles. The highest BCUT2D eigenvalue weighted by Gasteiger charge is 2.34. The van der Waals surface area contributed by atoms with Crippen LogP contribution >= 0.6 is 0 Å². The van der Waals surface area contributed by atoms with Gasteiger partial charge in [-0.25, -0.2) is 8.42 Å². The molecule has 5 heteroatoms. The molecule has 4 nitrogen and oxygen atoms in total. The smallest absolute Gasteiger partial charge is 0.243 e. The standard InChI is InChI=1S/C18H30N2O2S/c1-4-5-11-19-14-16-8-6-9-17(13-16)23(21,22)20-12-7-10-18(2,3)15-20/h6,8-9,13,19H,4-5,7,10-12,14-15H2,1-3H3. The van der Waals surface area contributed by atoms with E-state index in [1.54, 1.807) is 10.4 Å². The van der Waals surface area contributed by atoms with Crippen LogP contribution in [0.25, 0.3) is 0 Å². The lowest BCUT2D eigenvalue weighted by atomic mass is 9.85. The minimum atomic E-state index is -3.39. The van der Waals surface area contributed by atoms with Crippen LogP contribution in [-0.2, 0) is 16.6 Å². The van der Waals surface area contributed by atoms with Gasteiger partial charge in [0.25, 0.3) is 0 Å². The van der Waals surface area contributed by atoms with Gasteiger partial charge in [-0.2, -0.15) is 4.31 Å². The fraction of sp³-hybridized carbons (Fsp3) is 0.667. The summed E-state index contributed by atoms with van der Waals surface area (Å²) in [5, 5.41) is 3.37. The molecule has 1 heterocycles. The minimum Gasteiger partial charge on any atom is -0.313 e. The third kappa shape index (κ3) is 5.03. The molecule has 2 rings (SSSR count). The summed E-state index contributed by atoms with van der Waals surface area (Å²) in [7, 11) is -3.39. The Morgan fingerprint density at radius 3 is 2.78 bits per heavy atom. The largest absolute Gasteiger partial charge is 0.313 e. The SMILES string of the molecule is CCCCNCc1cccc(S(=O)(=O)N2CCCC(C)(C)C2)c1. The van der Waals surface area contributed by atoms with Crippen molar-refractivity contribution in [2.75, 3.05) is 19.6 Å². The zero-order valence-electron chi connectivity index (χ0n) is 14.6. The van der Waals surface area contributed by atoms with E-state index in [4.69, 9.17) is 0 Å². The molecule has 0 atom stereocenters. The molecule has 1 aromatic rings. The quantitative estimate of drug-likeness (QED) is 0.775. The molecule has 0 bridgehead atoms. The monoisotopic (exact) mass is 338 g/mol. The normalized spacial score (nSPS) is 18.9. The number of nitrogens with zero attached hydrogens (tertiary/aromatic N) is 1. The fourth-order valence-corrected chi connectivity index (χ4v) is 4.81. The topological polar surface area (TPSA) is 49.4 Å². The average Bonchev–Trinajstić information content (AvgIpc) is 2.51. The average molecular weight is 339 g/mol. The Kier molecular flexibility index (Phi) is 6.23. The van der Waals surface area contributed by atoms with Gasteiger partial charge in [0.05, 0.1) is 4.90 Å². The summed E-state index contributed by atoms with van der Waals surface area (Å²) in [6.07, 6.45) is 4.32. The molecule has 0 amide bonds. The first-order valence-corrected chi connectivity index (χ1v) is 10.1. The molecule has 0 radical (unpaired) electrons. The predicted molar refractivity (Wildman–Crippen MR) is 94.8 cm³/mol. The van der Waals surface area contributed by atoms with Crippen LogP contribution in [0.15, 0.2) is 29.2 Å². The molecule has 23 heavy (non-hydrogen) atoms. The third-order valence-corrected chi connectivity index (χ3v) is 6.28. The first-order valence-electron chi connectivity index (χ1n) is 8.65. The highest BCUT2D eigenvalue weighted by atomic mass is 32.2. The second kappa shape index (κ2) is 7.77. The molecule has 1 N–H and O–H groups in total. The van der Waals surface area contributed by atoms with Crippen molar-refractivity contribution in [2.24, 2.45) is 5.41 Å². The van der Waals surface area contributed by atoms with E-state index in [1.165, 1.54) is 0 Å². The number of sulfonamides is 1. The van der Waals surface area contributed by atoms with Gasteiger partial charge in [-0.3, -0.25) is 0 Å². The van der Waals surface area contributed by atoms with Crippen molar-refractivity contribution in [3.8, 4) is 0 Å². The van der Waals surface area contributed by atoms with Crippen molar-refractivity contribution in [1.29, 1.82) is 0 Å². The Morgan fingerprint density at radius 1 is 1.30 bits per heavy atom. The van der Waals surface area contributed by atoms with Crippen molar-refractivity contribution < 1.29 is 8.42 Å². The van der Waals surface area contributed by atoms with E-state index in [1.807, 2.05) is 18.2 Å². The van der Waals surface area contributed by atoms with E-state index in [0.29, 0.717) is 18.0 Å². The summed E-state index contributed by atoms with van der Waals surface area (Å²) in [4.78, 5) is 0.421. The number of nitrogens with one attached hydrogen (secondary N) is 1. The highest BCUT2D eigenvalue weighted by molar-refractivity contribution is 7.89. The Balaban J connectivity index is 2.10. The molecular formula is C18H30N2O2S. The van der Waals surface area contributed by atoms with Crippen LogP contribution in [0.1, 0.15) is 52.0 Å². The third-order valence-electron chi connectivity index (χ3n) is 4.44. The number of rotatable bonds is 7. The van der Waals surface area contributed by atoms with Gasteiger partial charge in [-0.05, 0) is 48.9 Å². The minimum absolute atomic E-state index is 0.0602. The van der Waals surface area contributed by atoms with Crippen molar-refractivity contribution >= 4 is 10.0 Å². The van der Waals surface area contributed by atoms with Crippen LogP contribution in [0.4, 0.5) is 0 Å². The summed E-state index contributed by atoms with van der Waals surface area (Å²) < 4.78 is 27.5. The number of hydrogen-bond donors (Lipinski definition) is 1. The molecule has 1 saturated heterocycles. The summed E-state index contributed by atoms with van der Waals surface area (Å²) in [6, 6.07) is 7.36. The van der Waals surface area contributed by atoms with Gasteiger partial charge in [0.15, 0.2) is 0 Å². The molecule has 0 saturated carbocycles. The fourth-order valence-electron chi connectivity index (χ4n) is 3.07. The van der Waals surface area contributed by atoms with Gasteiger partial charge in [0.1, 0.15) is 0 Å². The number of hydrogen-bond acceptors (Lipinski definition) is 3. The van der Waals surface area contributed by atoms with Crippen LogP contribution < -0.4 is 5.32 Å². The van der Waals surface area contributed by atoms with Crippen LogP contribution in [-0.4, -0.2) is 32.4 Å². The lowest BCUT2D eigenvalue weighted by molar-refractivity contribution is 0.187. The highest BCUT2D eigenvalue weighted by Crippen LogP contribution is 2.31. The van der Waals surface area contributed by atoms with Crippen LogP contribution in [0, 0.1) is 5.41 Å². The molecule has 0 aromatic heterocycles. The van der Waals surface area contributed by atoms with Crippen LogP contribution in [0.5, 0.6) is 0 Å². The number of unbranched alkanes of at least 4 members (excludes halogenated alkanes) is 1. The van der Waals surface area contributed by atoms with E-state index in [9.17, 15) is 8.42 Å². The summed E-state index contributed by atoms with van der Waals surface area (Å²) in [6.45, 7) is 9.36. The van der Waals surface area contributed by atoms with Gasteiger partial charge in [0.2, 0.25) is 10.0 Å². The van der Waals surface area contributed by atoms with Crippen molar-refractivity contribution in [1.82, 2.24) is 9.62 Å². The molecule has 1 fully saturated rings. The van der Waals surface area contributed by atoms with Crippen LogP contribution in [0.2, 0.25) is 0 Å². The van der Waals surface area contributed by atoms with Crippen molar-refractivity contribution in [3.05, 3.63) is 29.8 Å². The Hall–Kier alpha value is -0.910. The summed E-state index contributed by atoms with van der Waals surface area (Å²) >= 11 is 0. The zero-order valence-corrected chi connectivity index (χ0v) is 15.5. The molecule has 1 aliphatic rings. The van der Waals surface area contributed by atoms with Gasteiger partial charge in [-0.1, -0.05) is 39.3 Å². The molecule has 1 aromatic carbocycles. The molecule has 0 unspecified atom stereocenters. The lowest BCUT2D eigenvalue weighted by Crippen LogP contribution is -2.43. The predicted octanol–water partition coefficient (Wildman–Crippen LogP) is 3.39. The van der Waals surface area contributed by atoms with E-state index in [2.05, 4.69) is 26.1 Å². The van der Waals surface area contributed by atoms with Gasteiger partial charge in [0, 0.05) is 19.6 Å². The Bertz CT molecular complexity index is 611. The maximum absolute atomic E-state index is 12.9. The second-order valence-corrected chi connectivity index (χ2v) is 9.22. The molecule has 130 valence electrons. The van der Waals surface area contributed by atoms with E-state index >= 15 is 0 Å². The molecule has 0 spiro atoms. The number of piperidine rings is 1. The number of benzene rings is 1. The van der Waals surface area contributed by atoms with Crippen molar-refractivity contribution in [2.45, 2.75) is 57.9 Å². The van der Waals surface area contributed by atoms with Gasteiger partial charge >= 0.3 is 0 Å². The molecule has 1 aliphatic heterocycles. The van der Waals surface area contributed by atoms with Crippen molar-refractivity contribution in [3.63, 3.8) is 0 Å².